The van der Waals surface area contributed by atoms with Gasteiger partial charge in [0, 0.05) is 27.1 Å². The van der Waals surface area contributed by atoms with E-state index < -0.39 is 0 Å². The van der Waals surface area contributed by atoms with Crippen LogP contribution in [0.25, 0.3) is 38.2 Å². The predicted octanol–water partition coefficient (Wildman–Crippen LogP) is 2.45. The minimum atomic E-state index is -0.384. The van der Waals surface area contributed by atoms with Gasteiger partial charge in [-0.1, -0.05) is 12.1 Å². The Morgan fingerprint density at radius 3 is 2.50 bits per heavy atom. The SMILES string of the molecule is NC1=NC(=O)c2ccc3c(=O)n4c5ccccc5nc4c4ccc1c2c34. The van der Waals surface area contributed by atoms with Crippen molar-refractivity contribution in [3.8, 4) is 0 Å². The van der Waals surface area contributed by atoms with Gasteiger partial charge >= 0.3 is 0 Å². The molecule has 1 aliphatic rings. The molecule has 3 aromatic carbocycles. The van der Waals surface area contributed by atoms with E-state index in [9.17, 15) is 9.59 Å². The molecule has 0 saturated heterocycles. The van der Waals surface area contributed by atoms with Crippen molar-refractivity contribution in [2.24, 2.45) is 10.7 Å². The van der Waals surface area contributed by atoms with E-state index in [2.05, 4.69) is 9.98 Å². The van der Waals surface area contributed by atoms with E-state index in [0.717, 1.165) is 21.8 Å². The molecule has 26 heavy (non-hydrogen) atoms. The number of imidazole rings is 1. The number of nitrogens with two attached hydrogens (primary N) is 1. The molecule has 0 saturated carbocycles. The maximum atomic E-state index is 13.2. The monoisotopic (exact) mass is 338 g/mol. The van der Waals surface area contributed by atoms with Crippen molar-refractivity contribution in [3.05, 3.63) is 70.0 Å². The van der Waals surface area contributed by atoms with Gasteiger partial charge in [-0.15, -0.1) is 0 Å². The van der Waals surface area contributed by atoms with Crippen LogP contribution in [-0.2, 0) is 0 Å². The summed E-state index contributed by atoms with van der Waals surface area (Å²) in [6.45, 7) is 0. The lowest BCUT2D eigenvalue weighted by Crippen LogP contribution is -2.22. The Kier molecular flexibility index (Phi) is 2.20. The number of pyridine rings is 1. The second kappa shape index (κ2) is 4.23. The normalized spacial score (nSPS) is 14.0. The fraction of sp³-hybridized carbons (Fsp3) is 0. The molecule has 1 aliphatic heterocycles. The first-order chi connectivity index (χ1) is 12.6. The number of hydrogen-bond donors (Lipinski definition) is 1. The van der Waals surface area contributed by atoms with Crippen molar-refractivity contribution in [1.29, 1.82) is 0 Å². The number of nitrogens with zero attached hydrogens (tertiary/aromatic N) is 3. The van der Waals surface area contributed by atoms with Gasteiger partial charge in [0.2, 0.25) is 0 Å². The Bertz CT molecular complexity index is 1530. The molecule has 122 valence electrons. The van der Waals surface area contributed by atoms with Crippen molar-refractivity contribution < 1.29 is 4.79 Å². The van der Waals surface area contributed by atoms with Crippen LogP contribution < -0.4 is 11.3 Å². The number of hydrogen-bond acceptors (Lipinski definition) is 4. The van der Waals surface area contributed by atoms with E-state index in [0.29, 0.717) is 27.5 Å². The van der Waals surface area contributed by atoms with E-state index in [1.54, 1.807) is 16.5 Å². The first kappa shape index (κ1) is 13.5. The van der Waals surface area contributed by atoms with Crippen LogP contribution in [0.15, 0.2) is 58.3 Å². The molecule has 0 spiro atoms. The molecule has 0 atom stereocenters. The lowest BCUT2D eigenvalue weighted by atomic mass is 9.91. The summed E-state index contributed by atoms with van der Waals surface area (Å²) in [5.41, 5.74) is 9.06. The van der Waals surface area contributed by atoms with Crippen molar-refractivity contribution >= 4 is 50.0 Å². The Morgan fingerprint density at radius 2 is 1.62 bits per heavy atom. The van der Waals surface area contributed by atoms with E-state index in [1.165, 1.54) is 0 Å². The Hall–Kier alpha value is -3.80. The summed E-state index contributed by atoms with van der Waals surface area (Å²) in [6, 6.07) is 14.6. The van der Waals surface area contributed by atoms with Crippen molar-refractivity contribution in [3.63, 3.8) is 0 Å². The highest BCUT2D eigenvalue weighted by Gasteiger charge is 2.25. The molecular formula is C20H10N4O2. The predicted molar refractivity (Wildman–Crippen MR) is 100 cm³/mol. The summed E-state index contributed by atoms with van der Waals surface area (Å²) in [7, 11) is 0. The van der Waals surface area contributed by atoms with Crippen LogP contribution in [0.5, 0.6) is 0 Å². The molecule has 5 aromatic rings. The number of benzene rings is 3. The van der Waals surface area contributed by atoms with Crippen molar-refractivity contribution in [2.75, 3.05) is 0 Å². The third-order valence-corrected chi connectivity index (χ3v) is 5.12. The lowest BCUT2D eigenvalue weighted by molar-refractivity contribution is 0.100. The average molecular weight is 338 g/mol. The van der Waals surface area contributed by atoms with Crippen LogP contribution in [0.1, 0.15) is 15.9 Å². The van der Waals surface area contributed by atoms with E-state index in [4.69, 9.17) is 5.73 Å². The van der Waals surface area contributed by atoms with Gasteiger partial charge in [0.05, 0.1) is 16.6 Å². The fourth-order valence-corrected chi connectivity index (χ4v) is 4.01. The zero-order valence-electron chi connectivity index (χ0n) is 13.4. The van der Waals surface area contributed by atoms with Gasteiger partial charge in [0.25, 0.3) is 11.5 Å². The van der Waals surface area contributed by atoms with Gasteiger partial charge in [-0.3, -0.25) is 14.0 Å². The van der Waals surface area contributed by atoms with Crippen molar-refractivity contribution in [2.45, 2.75) is 0 Å². The topological polar surface area (TPSA) is 89.8 Å². The highest BCUT2D eigenvalue weighted by atomic mass is 16.1. The molecule has 1 amide bonds. The number of amides is 1. The molecule has 0 radical (unpaired) electrons. The first-order valence-corrected chi connectivity index (χ1v) is 8.16. The van der Waals surface area contributed by atoms with Crippen LogP contribution in [0.3, 0.4) is 0 Å². The third-order valence-electron chi connectivity index (χ3n) is 5.12. The number of para-hydroxylation sites is 2. The minimum Gasteiger partial charge on any atom is -0.383 e. The standard InChI is InChI=1S/C20H10N4O2/c21-17-9-5-6-10-16-12(8-7-11(15(9)16)19(25)23-17)20(26)24-14-4-2-1-3-13(14)22-18(10)24/h1-8H,(H2,21,23,25). The molecule has 6 rings (SSSR count). The molecule has 6 nitrogen and oxygen atoms in total. The summed E-state index contributed by atoms with van der Waals surface area (Å²) in [5.74, 6) is -0.206. The quantitative estimate of drug-likeness (QED) is 0.470. The number of fused-ring (bicyclic) bond motifs is 4. The second-order valence-corrected chi connectivity index (χ2v) is 6.44. The van der Waals surface area contributed by atoms with Crippen molar-refractivity contribution in [1.82, 2.24) is 9.38 Å². The average Bonchev–Trinajstić information content (AvgIpc) is 3.04. The molecule has 2 N–H and O–H groups in total. The molecule has 0 bridgehead atoms. The van der Waals surface area contributed by atoms with E-state index >= 15 is 0 Å². The molecule has 0 unspecified atom stereocenters. The van der Waals surface area contributed by atoms with Gasteiger partial charge < -0.3 is 5.73 Å². The van der Waals surface area contributed by atoms with Gasteiger partial charge in [-0.05, 0) is 36.4 Å². The van der Waals surface area contributed by atoms with Crippen LogP contribution >= 0.6 is 0 Å². The smallest absolute Gasteiger partial charge is 0.279 e. The molecule has 3 heterocycles. The number of carbonyl (C=O) groups excluding carboxylic acids is 1. The summed E-state index contributed by atoms with van der Waals surface area (Å²) < 4.78 is 1.64. The zero-order chi connectivity index (χ0) is 17.6. The Labute approximate surface area is 145 Å². The zero-order valence-corrected chi connectivity index (χ0v) is 13.4. The van der Waals surface area contributed by atoms with Gasteiger partial charge in [-0.25, -0.2) is 4.98 Å². The van der Waals surface area contributed by atoms with E-state index in [1.807, 2.05) is 36.4 Å². The van der Waals surface area contributed by atoms with Gasteiger partial charge in [-0.2, -0.15) is 4.99 Å². The highest BCUT2D eigenvalue weighted by Crippen LogP contribution is 2.35. The van der Waals surface area contributed by atoms with Crippen LogP contribution in [0.2, 0.25) is 0 Å². The summed E-state index contributed by atoms with van der Waals surface area (Å²) in [5, 5.41) is 2.76. The maximum Gasteiger partial charge on any atom is 0.279 e. The van der Waals surface area contributed by atoms with Crippen LogP contribution in [0.4, 0.5) is 0 Å². The lowest BCUT2D eigenvalue weighted by Gasteiger charge is -2.17. The molecular weight excluding hydrogens is 328 g/mol. The fourth-order valence-electron chi connectivity index (χ4n) is 4.01. The maximum absolute atomic E-state index is 13.2. The first-order valence-electron chi connectivity index (χ1n) is 8.16. The molecule has 6 heteroatoms. The van der Waals surface area contributed by atoms with Gasteiger partial charge in [0.15, 0.2) is 0 Å². The number of amidine groups is 1. The number of aliphatic imine (C=N–C) groups is 1. The Balaban J connectivity index is 2.00. The van der Waals surface area contributed by atoms with Crippen LogP contribution in [0, 0.1) is 0 Å². The third kappa shape index (κ3) is 1.39. The number of rotatable bonds is 0. The molecule has 0 fully saturated rings. The molecule has 2 aromatic heterocycles. The molecule has 0 aliphatic carbocycles. The number of carbonyl (C=O) groups is 1. The second-order valence-electron chi connectivity index (χ2n) is 6.44. The minimum absolute atomic E-state index is 0.154. The Morgan fingerprint density at radius 1 is 0.846 bits per heavy atom. The number of aromatic nitrogens is 2. The van der Waals surface area contributed by atoms with E-state index in [-0.39, 0.29) is 17.3 Å². The highest BCUT2D eigenvalue weighted by molar-refractivity contribution is 6.30. The summed E-state index contributed by atoms with van der Waals surface area (Å²) in [4.78, 5) is 34.1. The van der Waals surface area contributed by atoms with Gasteiger partial charge in [0.1, 0.15) is 11.5 Å². The summed E-state index contributed by atoms with van der Waals surface area (Å²) in [6.07, 6.45) is 0. The largest absolute Gasteiger partial charge is 0.383 e. The van der Waals surface area contributed by atoms with Crippen LogP contribution in [-0.4, -0.2) is 21.1 Å². The summed E-state index contributed by atoms with van der Waals surface area (Å²) >= 11 is 0.